The summed E-state index contributed by atoms with van der Waals surface area (Å²) in [6, 6.07) is 15.4. The zero-order valence-electron chi connectivity index (χ0n) is 17.7. The van der Waals surface area contributed by atoms with Gasteiger partial charge < -0.3 is 10.1 Å². The van der Waals surface area contributed by atoms with E-state index in [1.807, 2.05) is 36.4 Å². The first-order valence-electron chi connectivity index (χ1n) is 10.2. The monoisotopic (exact) mass is 536 g/mol. The fourth-order valence-corrected chi connectivity index (χ4v) is 4.50. The van der Waals surface area contributed by atoms with Crippen molar-refractivity contribution < 1.29 is 17.3 Å². The van der Waals surface area contributed by atoms with Crippen LogP contribution in [0, 0.1) is 0 Å². The minimum absolute atomic E-state index is 0.117. The van der Waals surface area contributed by atoms with Crippen molar-refractivity contribution in [1.29, 1.82) is 0 Å². The van der Waals surface area contributed by atoms with Gasteiger partial charge in [-0.3, -0.25) is 4.18 Å². The lowest BCUT2D eigenvalue weighted by Crippen LogP contribution is -2.04. The van der Waals surface area contributed by atoms with E-state index < -0.39 is 10.1 Å². The van der Waals surface area contributed by atoms with Gasteiger partial charge in [-0.1, -0.05) is 40.2 Å². The van der Waals surface area contributed by atoms with Gasteiger partial charge in [-0.2, -0.15) is 8.42 Å². The van der Waals surface area contributed by atoms with Crippen molar-refractivity contribution in [2.45, 2.75) is 19.8 Å². The summed E-state index contributed by atoms with van der Waals surface area (Å²) in [6.07, 6.45) is 3.37. The molecule has 0 saturated carbocycles. The molecule has 9 heteroatoms. The maximum atomic E-state index is 11.5. The highest BCUT2D eigenvalue weighted by molar-refractivity contribution is 9.10. The van der Waals surface area contributed by atoms with Crippen molar-refractivity contribution in [3.63, 3.8) is 0 Å². The van der Waals surface area contributed by atoms with E-state index in [0.717, 1.165) is 57.0 Å². The van der Waals surface area contributed by atoms with Crippen molar-refractivity contribution in [2.75, 3.05) is 25.1 Å². The molecule has 0 aliphatic rings. The summed E-state index contributed by atoms with van der Waals surface area (Å²) < 4.78 is 34.5. The Morgan fingerprint density at radius 2 is 1.84 bits per heavy atom. The Bertz CT molecular complexity index is 1110. The Balaban J connectivity index is 1.34. The summed E-state index contributed by atoms with van der Waals surface area (Å²) >= 11 is 5.05. The minimum Gasteiger partial charge on any atom is -0.494 e. The Morgan fingerprint density at radius 3 is 2.56 bits per heavy atom. The molecule has 1 N–H and O–H groups in total. The number of nitrogens with one attached hydrogen (secondary N) is 1. The molecule has 0 saturated heterocycles. The van der Waals surface area contributed by atoms with Gasteiger partial charge in [0.15, 0.2) is 5.13 Å². The summed E-state index contributed by atoms with van der Waals surface area (Å²) in [5.41, 5.74) is 2.83. The van der Waals surface area contributed by atoms with Crippen LogP contribution >= 0.6 is 27.3 Å². The van der Waals surface area contributed by atoms with Crippen LogP contribution in [0.5, 0.6) is 5.75 Å². The second-order valence-electron chi connectivity index (χ2n) is 6.80. The van der Waals surface area contributed by atoms with Gasteiger partial charge in [0.2, 0.25) is 0 Å². The number of hydrogen-bond donors (Lipinski definition) is 1. The van der Waals surface area contributed by atoms with Gasteiger partial charge in [-0.15, -0.1) is 11.3 Å². The predicted molar refractivity (Wildman–Crippen MR) is 134 cm³/mol. The highest BCUT2D eigenvalue weighted by Crippen LogP contribution is 2.26. The second kappa shape index (κ2) is 12.2. The molecule has 170 valence electrons. The third-order valence-electron chi connectivity index (χ3n) is 4.35. The van der Waals surface area contributed by atoms with Gasteiger partial charge in [0.1, 0.15) is 5.75 Å². The number of thiazole rings is 1. The van der Waals surface area contributed by atoms with Crippen molar-refractivity contribution in [1.82, 2.24) is 4.98 Å². The molecule has 3 rings (SSSR count). The standard InChI is InChI=1S/C23H25BrN2O4S2/c1-2-30-32(27,28)16-13-18-5-11-21(12-6-18)29-15-4-3-14-25-23-26-22(17-31-23)19-7-9-20(24)10-8-19/h5-13,16-17H,2-4,14-15H2,1H3,(H,25,26)/b16-13+. The van der Waals surface area contributed by atoms with E-state index in [9.17, 15) is 8.42 Å². The quantitative estimate of drug-likeness (QED) is 0.220. The predicted octanol–water partition coefficient (Wildman–Crippen LogP) is 6.18. The Kier molecular flexibility index (Phi) is 9.28. The SMILES string of the molecule is CCOS(=O)(=O)/C=C/c1ccc(OCCCCNc2nc(-c3ccc(Br)cc3)cs2)cc1. The fourth-order valence-electron chi connectivity index (χ4n) is 2.76. The van der Waals surface area contributed by atoms with Gasteiger partial charge in [0, 0.05) is 22.0 Å². The summed E-state index contributed by atoms with van der Waals surface area (Å²) in [5.74, 6) is 0.752. The molecule has 1 aromatic heterocycles. The number of aromatic nitrogens is 1. The first-order chi connectivity index (χ1) is 15.4. The number of rotatable bonds is 12. The third kappa shape index (κ3) is 8.05. The van der Waals surface area contributed by atoms with Crippen LogP contribution in [0.4, 0.5) is 5.13 Å². The van der Waals surface area contributed by atoms with Gasteiger partial charge in [-0.05, 0) is 55.7 Å². The summed E-state index contributed by atoms with van der Waals surface area (Å²) in [4.78, 5) is 4.63. The molecule has 0 amide bonds. The molecule has 0 fully saturated rings. The van der Waals surface area contributed by atoms with Crippen LogP contribution in [0.1, 0.15) is 25.3 Å². The molecule has 0 spiro atoms. The van der Waals surface area contributed by atoms with Gasteiger partial charge in [-0.25, -0.2) is 4.98 Å². The molecule has 2 aromatic carbocycles. The molecule has 0 aliphatic carbocycles. The largest absolute Gasteiger partial charge is 0.494 e. The van der Waals surface area contributed by atoms with Gasteiger partial charge in [0.05, 0.1) is 24.3 Å². The number of unbranched alkanes of at least 4 members (excludes halogenated alkanes) is 1. The first-order valence-corrected chi connectivity index (χ1v) is 13.4. The van der Waals surface area contributed by atoms with E-state index in [-0.39, 0.29) is 6.61 Å². The Labute approximate surface area is 201 Å². The second-order valence-corrected chi connectivity index (χ2v) is 10.1. The van der Waals surface area contributed by atoms with Crippen LogP contribution in [0.2, 0.25) is 0 Å². The van der Waals surface area contributed by atoms with Crippen LogP contribution in [0.15, 0.2) is 63.8 Å². The molecule has 32 heavy (non-hydrogen) atoms. The van der Waals surface area contributed by atoms with E-state index in [2.05, 4.69) is 35.8 Å². The van der Waals surface area contributed by atoms with E-state index in [0.29, 0.717) is 6.61 Å². The molecule has 3 aromatic rings. The van der Waals surface area contributed by atoms with Crippen molar-refractivity contribution >= 4 is 48.6 Å². The normalized spacial score (nSPS) is 11.7. The fraction of sp³-hybridized carbons (Fsp3) is 0.261. The molecular weight excluding hydrogens is 512 g/mol. The van der Waals surface area contributed by atoms with Gasteiger partial charge in [0.25, 0.3) is 10.1 Å². The smallest absolute Gasteiger partial charge is 0.290 e. The van der Waals surface area contributed by atoms with Crippen LogP contribution < -0.4 is 10.1 Å². The Morgan fingerprint density at radius 1 is 1.09 bits per heavy atom. The topological polar surface area (TPSA) is 77.5 Å². The lowest BCUT2D eigenvalue weighted by Gasteiger charge is -2.07. The van der Waals surface area contributed by atoms with Crippen molar-refractivity contribution in [3.8, 4) is 17.0 Å². The molecule has 1 heterocycles. The van der Waals surface area contributed by atoms with E-state index in [1.54, 1.807) is 30.4 Å². The molecule has 0 unspecified atom stereocenters. The number of halogens is 1. The van der Waals surface area contributed by atoms with E-state index >= 15 is 0 Å². The average molecular weight is 538 g/mol. The van der Waals surface area contributed by atoms with Crippen LogP contribution in [0.3, 0.4) is 0 Å². The molecule has 6 nitrogen and oxygen atoms in total. The maximum absolute atomic E-state index is 11.5. The zero-order chi connectivity index (χ0) is 22.8. The number of ether oxygens (including phenoxy) is 1. The summed E-state index contributed by atoms with van der Waals surface area (Å²) in [5, 5.41) is 7.39. The number of hydrogen-bond acceptors (Lipinski definition) is 7. The third-order valence-corrected chi connectivity index (χ3v) is 6.71. The van der Waals surface area contributed by atoms with Crippen molar-refractivity contribution in [2.24, 2.45) is 0 Å². The summed E-state index contributed by atoms with van der Waals surface area (Å²) in [7, 11) is -3.62. The highest BCUT2D eigenvalue weighted by atomic mass is 79.9. The van der Waals surface area contributed by atoms with E-state index in [1.165, 1.54) is 6.08 Å². The maximum Gasteiger partial charge on any atom is 0.290 e. The number of nitrogens with zero attached hydrogens (tertiary/aromatic N) is 1. The van der Waals surface area contributed by atoms with Crippen molar-refractivity contribution in [3.05, 3.63) is 69.4 Å². The lowest BCUT2D eigenvalue weighted by molar-refractivity contribution is 0.308. The number of benzene rings is 2. The average Bonchev–Trinajstić information content (AvgIpc) is 3.25. The lowest BCUT2D eigenvalue weighted by atomic mass is 10.2. The minimum atomic E-state index is -3.62. The molecule has 0 bridgehead atoms. The van der Waals surface area contributed by atoms with Gasteiger partial charge >= 0.3 is 0 Å². The highest BCUT2D eigenvalue weighted by Gasteiger charge is 2.05. The first kappa shape index (κ1) is 24.4. The summed E-state index contributed by atoms with van der Waals surface area (Å²) in [6.45, 7) is 3.19. The molecule has 0 aliphatic heterocycles. The zero-order valence-corrected chi connectivity index (χ0v) is 20.9. The molecule has 0 atom stereocenters. The molecular formula is C23H25BrN2O4S2. The Hall–Kier alpha value is -2.20. The number of anilines is 1. The molecule has 0 radical (unpaired) electrons. The van der Waals surface area contributed by atoms with Crippen LogP contribution in [-0.4, -0.2) is 33.2 Å². The van der Waals surface area contributed by atoms with Crippen LogP contribution in [-0.2, 0) is 14.3 Å². The van der Waals surface area contributed by atoms with Crippen LogP contribution in [0.25, 0.3) is 17.3 Å². The van der Waals surface area contributed by atoms with E-state index in [4.69, 9.17) is 4.74 Å².